The lowest BCUT2D eigenvalue weighted by molar-refractivity contribution is -0.133. The molecule has 2 aliphatic heterocycles. The summed E-state index contributed by atoms with van der Waals surface area (Å²) in [4.78, 5) is 26.8. The molecular weight excluding hydrogens is 252 g/mol. The first-order chi connectivity index (χ1) is 8.66. The second kappa shape index (κ2) is 6.43. The van der Waals surface area contributed by atoms with Gasteiger partial charge in [0.25, 0.3) is 0 Å². The van der Waals surface area contributed by atoms with Crippen LogP contribution in [0.15, 0.2) is 0 Å². The average Bonchev–Trinajstić information content (AvgIpc) is 2.66. The fourth-order valence-electron chi connectivity index (χ4n) is 2.75. The molecule has 1 unspecified atom stereocenters. The molecule has 0 aliphatic carbocycles. The van der Waals surface area contributed by atoms with Crippen molar-refractivity contribution in [2.45, 2.75) is 25.3 Å². The number of hydrogen-bond donors (Lipinski definition) is 1. The summed E-state index contributed by atoms with van der Waals surface area (Å²) in [5, 5.41) is 8.55. The molecule has 2 aliphatic rings. The van der Waals surface area contributed by atoms with Crippen molar-refractivity contribution in [1.82, 2.24) is 9.80 Å². The molecule has 2 rings (SSSR count). The molecule has 102 valence electrons. The Hall–Kier alpha value is -0.750. The lowest BCUT2D eigenvalue weighted by Gasteiger charge is -2.25. The number of carboxylic acids is 1. The molecule has 0 bridgehead atoms. The fourth-order valence-corrected chi connectivity index (χ4v) is 3.38. The van der Waals surface area contributed by atoms with Gasteiger partial charge in [-0.3, -0.25) is 14.5 Å². The van der Waals surface area contributed by atoms with Crippen molar-refractivity contribution in [2.75, 3.05) is 37.7 Å². The van der Waals surface area contributed by atoms with Gasteiger partial charge in [-0.05, 0) is 25.8 Å². The normalized spacial score (nSPS) is 24.7. The maximum Gasteiger partial charge on any atom is 0.313 e. The van der Waals surface area contributed by atoms with E-state index in [1.54, 1.807) is 0 Å². The highest BCUT2D eigenvalue weighted by Crippen LogP contribution is 2.21. The molecule has 1 N–H and O–H groups in total. The highest BCUT2D eigenvalue weighted by atomic mass is 32.2. The van der Waals surface area contributed by atoms with E-state index in [2.05, 4.69) is 4.90 Å². The molecule has 0 aromatic carbocycles. The number of fused-ring (bicyclic) bond motifs is 1. The first-order valence-corrected chi connectivity index (χ1v) is 7.63. The summed E-state index contributed by atoms with van der Waals surface area (Å²) in [6, 6.07) is 0.529. The predicted octanol–water partition coefficient (Wildman–Crippen LogP) is 0.501. The van der Waals surface area contributed by atoms with Gasteiger partial charge in [0.2, 0.25) is 5.91 Å². The molecule has 0 aromatic heterocycles. The minimum absolute atomic E-state index is 0.00906. The van der Waals surface area contributed by atoms with Crippen molar-refractivity contribution in [2.24, 2.45) is 0 Å². The standard InChI is InChI=1S/C12H20N2O3S/c15-11(8-18-9-12(16)17)14-6-2-5-13-4-1-3-10(13)7-14/h10H,1-9H2,(H,16,17). The van der Waals surface area contributed by atoms with Crippen LogP contribution < -0.4 is 0 Å². The van der Waals surface area contributed by atoms with Crippen LogP contribution in [-0.4, -0.2) is 70.5 Å². The summed E-state index contributed by atoms with van der Waals surface area (Å²) < 4.78 is 0. The van der Waals surface area contributed by atoms with Gasteiger partial charge < -0.3 is 10.0 Å². The third-order valence-corrected chi connectivity index (χ3v) is 4.51. The van der Waals surface area contributed by atoms with E-state index in [0.29, 0.717) is 11.8 Å². The number of rotatable bonds is 4. The molecular formula is C12H20N2O3S. The Morgan fingerprint density at radius 2 is 1.94 bits per heavy atom. The van der Waals surface area contributed by atoms with Crippen LogP contribution in [0.1, 0.15) is 19.3 Å². The minimum Gasteiger partial charge on any atom is -0.481 e. The Labute approximate surface area is 112 Å². The number of nitrogens with zero attached hydrogens (tertiary/aromatic N) is 2. The molecule has 2 fully saturated rings. The molecule has 1 atom stereocenters. The van der Waals surface area contributed by atoms with E-state index < -0.39 is 5.97 Å². The van der Waals surface area contributed by atoms with Crippen LogP contribution in [0.25, 0.3) is 0 Å². The quantitative estimate of drug-likeness (QED) is 0.807. The first kappa shape index (κ1) is 13.7. The summed E-state index contributed by atoms with van der Waals surface area (Å²) in [7, 11) is 0. The lowest BCUT2D eigenvalue weighted by atomic mass is 10.2. The highest BCUT2D eigenvalue weighted by Gasteiger charge is 2.30. The molecule has 2 heterocycles. The van der Waals surface area contributed by atoms with Gasteiger partial charge in [-0.15, -0.1) is 11.8 Å². The van der Waals surface area contributed by atoms with Gasteiger partial charge >= 0.3 is 5.97 Å². The summed E-state index contributed by atoms with van der Waals surface area (Å²) in [5.41, 5.74) is 0. The Morgan fingerprint density at radius 3 is 2.72 bits per heavy atom. The minimum atomic E-state index is -0.856. The van der Waals surface area contributed by atoms with Gasteiger partial charge in [-0.25, -0.2) is 0 Å². The lowest BCUT2D eigenvalue weighted by Crippen LogP contribution is -2.40. The Bertz CT molecular complexity index is 324. The van der Waals surface area contributed by atoms with Crippen molar-refractivity contribution in [3.05, 3.63) is 0 Å². The Morgan fingerprint density at radius 1 is 1.17 bits per heavy atom. The van der Waals surface area contributed by atoms with Crippen LogP contribution in [0.2, 0.25) is 0 Å². The number of aliphatic carboxylic acids is 1. The number of carbonyl (C=O) groups is 2. The molecule has 5 nitrogen and oxygen atoms in total. The third-order valence-electron chi connectivity index (χ3n) is 3.61. The van der Waals surface area contributed by atoms with Gasteiger partial charge in [-0.2, -0.15) is 0 Å². The molecule has 18 heavy (non-hydrogen) atoms. The van der Waals surface area contributed by atoms with Gasteiger partial charge in [0.05, 0.1) is 11.5 Å². The molecule has 0 saturated carbocycles. The smallest absolute Gasteiger partial charge is 0.313 e. The molecule has 6 heteroatoms. The maximum atomic E-state index is 12.0. The number of thioether (sulfide) groups is 1. The SMILES string of the molecule is O=C(O)CSCC(=O)N1CCCN2CCCC2C1. The van der Waals surface area contributed by atoms with E-state index in [0.717, 1.165) is 26.1 Å². The topological polar surface area (TPSA) is 60.9 Å². The second-order valence-electron chi connectivity index (χ2n) is 4.91. The zero-order valence-electron chi connectivity index (χ0n) is 10.5. The zero-order valence-corrected chi connectivity index (χ0v) is 11.3. The summed E-state index contributed by atoms with van der Waals surface area (Å²) in [6.07, 6.45) is 3.46. The van der Waals surface area contributed by atoms with Crippen LogP contribution in [0, 0.1) is 0 Å². The van der Waals surface area contributed by atoms with E-state index in [4.69, 9.17) is 5.11 Å². The number of amides is 1. The monoisotopic (exact) mass is 272 g/mol. The number of carboxylic acid groups (broad SMARTS) is 1. The largest absolute Gasteiger partial charge is 0.481 e. The fraction of sp³-hybridized carbons (Fsp3) is 0.833. The van der Waals surface area contributed by atoms with Crippen LogP contribution in [-0.2, 0) is 9.59 Å². The van der Waals surface area contributed by atoms with E-state index in [1.807, 2.05) is 4.90 Å². The summed E-state index contributed by atoms with van der Waals surface area (Å²) in [6.45, 7) is 3.91. The summed E-state index contributed by atoms with van der Waals surface area (Å²) >= 11 is 1.19. The van der Waals surface area contributed by atoms with Gasteiger partial charge in [-0.1, -0.05) is 0 Å². The maximum absolute atomic E-state index is 12.0. The molecule has 2 saturated heterocycles. The van der Waals surface area contributed by atoms with Crippen molar-refractivity contribution in [1.29, 1.82) is 0 Å². The Balaban J connectivity index is 1.80. The van der Waals surface area contributed by atoms with Crippen molar-refractivity contribution < 1.29 is 14.7 Å². The number of hydrogen-bond acceptors (Lipinski definition) is 4. The van der Waals surface area contributed by atoms with Crippen LogP contribution in [0.4, 0.5) is 0 Å². The highest BCUT2D eigenvalue weighted by molar-refractivity contribution is 8.00. The van der Waals surface area contributed by atoms with Crippen LogP contribution >= 0.6 is 11.8 Å². The van der Waals surface area contributed by atoms with E-state index in [9.17, 15) is 9.59 Å². The Kier molecular flexibility index (Phi) is 4.88. The molecule has 0 radical (unpaired) electrons. The predicted molar refractivity (Wildman–Crippen MR) is 70.8 cm³/mol. The number of carbonyl (C=O) groups excluding carboxylic acids is 1. The summed E-state index contributed by atoms with van der Waals surface area (Å²) in [5.74, 6) is -0.464. The zero-order chi connectivity index (χ0) is 13.0. The van der Waals surface area contributed by atoms with Gasteiger partial charge in [0, 0.05) is 25.7 Å². The van der Waals surface area contributed by atoms with E-state index >= 15 is 0 Å². The van der Waals surface area contributed by atoms with Crippen molar-refractivity contribution >= 4 is 23.6 Å². The third kappa shape index (κ3) is 3.62. The van der Waals surface area contributed by atoms with Gasteiger partial charge in [0.15, 0.2) is 0 Å². The van der Waals surface area contributed by atoms with E-state index in [-0.39, 0.29) is 11.7 Å². The van der Waals surface area contributed by atoms with Crippen molar-refractivity contribution in [3.8, 4) is 0 Å². The van der Waals surface area contributed by atoms with Crippen LogP contribution in [0.5, 0.6) is 0 Å². The van der Waals surface area contributed by atoms with Crippen molar-refractivity contribution in [3.63, 3.8) is 0 Å². The second-order valence-corrected chi connectivity index (χ2v) is 5.90. The average molecular weight is 272 g/mol. The van der Waals surface area contributed by atoms with E-state index in [1.165, 1.54) is 31.1 Å². The van der Waals surface area contributed by atoms with Crippen LogP contribution in [0.3, 0.4) is 0 Å². The molecule has 0 aromatic rings. The first-order valence-electron chi connectivity index (χ1n) is 6.48. The molecule has 1 amide bonds. The van der Waals surface area contributed by atoms with Gasteiger partial charge in [0.1, 0.15) is 0 Å². The molecule has 0 spiro atoms.